The van der Waals surface area contributed by atoms with Gasteiger partial charge in [0.25, 0.3) is 0 Å². The first-order valence-electron chi connectivity index (χ1n) is 8.67. The van der Waals surface area contributed by atoms with E-state index < -0.39 is 0 Å². The number of likely N-dealkylation sites (N-methyl/N-ethyl adjacent to an activating group) is 1. The third-order valence-electron chi connectivity index (χ3n) is 4.44. The molecule has 0 saturated carbocycles. The summed E-state index contributed by atoms with van der Waals surface area (Å²) in [6, 6.07) is 18.6. The van der Waals surface area contributed by atoms with Crippen LogP contribution in [0.3, 0.4) is 0 Å². The van der Waals surface area contributed by atoms with Crippen LogP contribution in [-0.2, 0) is 17.6 Å². The predicted octanol–water partition coefficient (Wildman–Crippen LogP) is 3.22. The van der Waals surface area contributed by atoms with Crippen LogP contribution in [-0.4, -0.2) is 37.0 Å². The van der Waals surface area contributed by atoms with Crippen molar-refractivity contribution in [3.05, 3.63) is 71.3 Å². The van der Waals surface area contributed by atoms with E-state index in [1.54, 1.807) is 0 Å². The first-order valence-corrected chi connectivity index (χ1v) is 8.67. The number of nitrogens with one attached hydrogen (secondary N) is 1. The van der Waals surface area contributed by atoms with Gasteiger partial charge in [-0.3, -0.25) is 9.69 Å². The molecule has 0 fully saturated rings. The molecular formula is C21H28N2O. The topological polar surface area (TPSA) is 32.3 Å². The van der Waals surface area contributed by atoms with Gasteiger partial charge in [0.1, 0.15) is 0 Å². The van der Waals surface area contributed by atoms with Crippen LogP contribution in [0.15, 0.2) is 54.6 Å². The summed E-state index contributed by atoms with van der Waals surface area (Å²) in [5, 5.41) is 3.10. The van der Waals surface area contributed by atoms with Crippen LogP contribution in [0.5, 0.6) is 0 Å². The molecule has 3 nitrogen and oxygen atoms in total. The summed E-state index contributed by atoms with van der Waals surface area (Å²) in [5.41, 5.74) is 3.69. The van der Waals surface area contributed by atoms with Crippen LogP contribution in [0.4, 0.5) is 0 Å². The Kier molecular flexibility index (Phi) is 7.01. The molecule has 1 atom stereocenters. The van der Waals surface area contributed by atoms with E-state index in [4.69, 9.17) is 0 Å². The third kappa shape index (κ3) is 5.50. The van der Waals surface area contributed by atoms with Crippen molar-refractivity contribution in [2.75, 3.05) is 20.1 Å². The number of aryl methyl sites for hydroxylation is 1. The van der Waals surface area contributed by atoms with Gasteiger partial charge in [-0.2, -0.15) is 0 Å². The summed E-state index contributed by atoms with van der Waals surface area (Å²) < 4.78 is 0. The summed E-state index contributed by atoms with van der Waals surface area (Å²) in [4.78, 5) is 14.8. The number of hydrogen-bond donors (Lipinski definition) is 1. The number of carbonyl (C=O) groups is 1. The predicted molar refractivity (Wildman–Crippen MR) is 100 cm³/mol. The molecule has 0 bridgehead atoms. The molecule has 0 aliphatic carbocycles. The van der Waals surface area contributed by atoms with E-state index in [2.05, 4.69) is 60.5 Å². The first kappa shape index (κ1) is 18.2. The molecule has 2 rings (SSSR count). The van der Waals surface area contributed by atoms with E-state index in [9.17, 15) is 4.79 Å². The summed E-state index contributed by atoms with van der Waals surface area (Å²) in [5.74, 6) is 0.107. The molecule has 1 amide bonds. The Hall–Kier alpha value is -2.13. The first-order chi connectivity index (χ1) is 11.6. The minimum atomic E-state index is -0.131. The van der Waals surface area contributed by atoms with Crippen LogP contribution < -0.4 is 5.32 Å². The molecule has 24 heavy (non-hydrogen) atoms. The van der Waals surface area contributed by atoms with Crippen molar-refractivity contribution in [3.63, 3.8) is 0 Å². The highest BCUT2D eigenvalue weighted by Crippen LogP contribution is 2.10. The smallest absolute Gasteiger partial charge is 0.237 e. The highest BCUT2D eigenvalue weighted by Gasteiger charge is 2.22. The second-order valence-corrected chi connectivity index (χ2v) is 6.31. The maximum atomic E-state index is 12.7. The zero-order valence-corrected chi connectivity index (χ0v) is 15.0. The van der Waals surface area contributed by atoms with Crippen LogP contribution in [0.25, 0.3) is 0 Å². The molecule has 0 heterocycles. The Morgan fingerprint density at radius 2 is 1.71 bits per heavy atom. The third-order valence-corrected chi connectivity index (χ3v) is 4.44. The van der Waals surface area contributed by atoms with Crippen molar-refractivity contribution in [1.29, 1.82) is 0 Å². The molecule has 0 saturated heterocycles. The Bertz CT molecular complexity index is 622. The van der Waals surface area contributed by atoms with E-state index in [0.29, 0.717) is 6.54 Å². The number of carbonyl (C=O) groups excluding carboxylic acids is 1. The highest BCUT2D eigenvalue weighted by molar-refractivity contribution is 5.82. The Labute approximate surface area is 145 Å². The molecule has 2 aromatic carbocycles. The van der Waals surface area contributed by atoms with Crippen molar-refractivity contribution in [3.8, 4) is 0 Å². The zero-order valence-electron chi connectivity index (χ0n) is 15.0. The van der Waals surface area contributed by atoms with E-state index in [-0.39, 0.29) is 11.9 Å². The van der Waals surface area contributed by atoms with Crippen LogP contribution >= 0.6 is 0 Å². The van der Waals surface area contributed by atoms with E-state index in [1.807, 2.05) is 25.2 Å². The molecule has 1 unspecified atom stereocenters. The molecule has 3 heteroatoms. The van der Waals surface area contributed by atoms with Gasteiger partial charge in [0.15, 0.2) is 0 Å². The fourth-order valence-electron chi connectivity index (χ4n) is 2.71. The second kappa shape index (κ2) is 9.24. The Morgan fingerprint density at radius 3 is 2.33 bits per heavy atom. The zero-order chi connectivity index (χ0) is 17.4. The molecule has 2 aromatic rings. The molecule has 1 N–H and O–H groups in total. The average Bonchev–Trinajstić information content (AvgIpc) is 2.61. The fourth-order valence-corrected chi connectivity index (χ4v) is 2.71. The monoisotopic (exact) mass is 324 g/mol. The average molecular weight is 324 g/mol. The van der Waals surface area contributed by atoms with Gasteiger partial charge in [-0.25, -0.2) is 0 Å². The molecule has 0 aliphatic heterocycles. The lowest BCUT2D eigenvalue weighted by atomic mass is 10.0. The van der Waals surface area contributed by atoms with Gasteiger partial charge < -0.3 is 5.32 Å². The van der Waals surface area contributed by atoms with E-state index in [0.717, 1.165) is 19.4 Å². The Morgan fingerprint density at radius 1 is 1.04 bits per heavy atom. The fraction of sp³-hybridized carbons (Fsp3) is 0.381. The van der Waals surface area contributed by atoms with Crippen molar-refractivity contribution < 1.29 is 4.79 Å². The quantitative estimate of drug-likeness (QED) is 0.808. The molecule has 0 aliphatic rings. The lowest BCUT2D eigenvalue weighted by Gasteiger charge is -2.26. The van der Waals surface area contributed by atoms with Gasteiger partial charge in [0, 0.05) is 6.54 Å². The SMILES string of the molecule is CCN(C)C(Cc1ccc(C)cc1)C(=O)NCCc1ccccc1. The summed E-state index contributed by atoms with van der Waals surface area (Å²) in [7, 11) is 2.01. The minimum Gasteiger partial charge on any atom is -0.354 e. The molecule has 128 valence electrons. The standard InChI is InChI=1S/C21H28N2O/c1-4-23(3)20(16-19-12-10-17(2)11-13-19)21(24)22-15-14-18-8-6-5-7-9-18/h5-13,20H,4,14-16H2,1-3H3,(H,22,24). The molecular weight excluding hydrogens is 296 g/mol. The van der Waals surface area contributed by atoms with Gasteiger partial charge in [0.05, 0.1) is 6.04 Å². The summed E-state index contributed by atoms with van der Waals surface area (Å²) in [6.07, 6.45) is 1.60. The molecule has 0 aromatic heterocycles. The second-order valence-electron chi connectivity index (χ2n) is 6.31. The number of nitrogens with zero attached hydrogens (tertiary/aromatic N) is 1. The molecule has 0 spiro atoms. The van der Waals surface area contributed by atoms with Gasteiger partial charge >= 0.3 is 0 Å². The number of hydrogen-bond acceptors (Lipinski definition) is 2. The largest absolute Gasteiger partial charge is 0.354 e. The lowest BCUT2D eigenvalue weighted by Crippen LogP contribution is -2.46. The Balaban J connectivity index is 1.93. The highest BCUT2D eigenvalue weighted by atomic mass is 16.2. The van der Waals surface area contributed by atoms with E-state index in [1.165, 1.54) is 16.7 Å². The number of rotatable bonds is 8. The van der Waals surface area contributed by atoms with Crippen molar-refractivity contribution in [1.82, 2.24) is 10.2 Å². The number of benzene rings is 2. The molecule has 0 radical (unpaired) electrons. The van der Waals surface area contributed by atoms with Crippen molar-refractivity contribution in [2.24, 2.45) is 0 Å². The van der Waals surface area contributed by atoms with Gasteiger partial charge in [-0.15, -0.1) is 0 Å². The van der Waals surface area contributed by atoms with Crippen LogP contribution in [0.1, 0.15) is 23.6 Å². The van der Waals surface area contributed by atoms with Crippen molar-refractivity contribution >= 4 is 5.91 Å². The van der Waals surface area contributed by atoms with Gasteiger partial charge in [-0.05, 0) is 44.5 Å². The maximum absolute atomic E-state index is 12.7. The lowest BCUT2D eigenvalue weighted by molar-refractivity contribution is -0.125. The summed E-state index contributed by atoms with van der Waals surface area (Å²) >= 11 is 0. The van der Waals surface area contributed by atoms with Crippen molar-refractivity contribution in [2.45, 2.75) is 32.7 Å². The maximum Gasteiger partial charge on any atom is 0.237 e. The van der Waals surface area contributed by atoms with Crippen LogP contribution in [0, 0.1) is 6.92 Å². The number of amides is 1. The van der Waals surface area contributed by atoms with E-state index >= 15 is 0 Å². The normalized spacial score (nSPS) is 12.2. The summed E-state index contributed by atoms with van der Waals surface area (Å²) in [6.45, 7) is 5.68. The van der Waals surface area contributed by atoms with Crippen LogP contribution in [0.2, 0.25) is 0 Å². The van der Waals surface area contributed by atoms with Gasteiger partial charge in [0.2, 0.25) is 5.91 Å². The minimum absolute atomic E-state index is 0.107. The van der Waals surface area contributed by atoms with Gasteiger partial charge in [-0.1, -0.05) is 67.1 Å².